The minimum absolute atomic E-state index is 0.0870. The largest absolute Gasteiger partial charge is 0.494 e. The summed E-state index contributed by atoms with van der Waals surface area (Å²) in [4.78, 5) is 33.5. The Kier molecular flexibility index (Phi) is 8.34. The van der Waals surface area contributed by atoms with Gasteiger partial charge in [0.15, 0.2) is 11.6 Å². The third kappa shape index (κ3) is 7.72. The monoisotopic (exact) mass is 556 g/mol. The van der Waals surface area contributed by atoms with Crippen molar-refractivity contribution < 1.29 is 38.9 Å². The van der Waals surface area contributed by atoms with E-state index in [0.29, 0.717) is 35.9 Å². The van der Waals surface area contributed by atoms with Gasteiger partial charge in [-0.2, -0.15) is 4.98 Å². The fourth-order valence-electron chi connectivity index (χ4n) is 3.68. The second kappa shape index (κ2) is 11.6. The number of nitrogens with zero attached hydrogens (tertiary/aromatic N) is 3. The lowest BCUT2D eigenvalue weighted by Gasteiger charge is -2.19. The number of hydrogen-bond acceptors (Lipinski definition) is 12. The molecule has 14 heteroatoms. The van der Waals surface area contributed by atoms with Gasteiger partial charge in [-0.3, -0.25) is 14.9 Å². The summed E-state index contributed by atoms with van der Waals surface area (Å²) in [7, 11) is 1.44. The highest BCUT2D eigenvalue weighted by Crippen LogP contribution is 2.38. The number of hydrogen-bond donors (Lipinski definition) is 6. The average Bonchev–Trinajstić information content (AvgIpc) is 3.61. The van der Waals surface area contributed by atoms with Gasteiger partial charge in [0.05, 0.1) is 41.8 Å². The number of pyridine rings is 1. The Morgan fingerprint density at radius 2 is 1.90 bits per heavy atom. The fraction of sp³-hybridized carbons (Fsp3) is 0.423. The summed E-state index contributed by atoms with van der Waals surface area (Å²) in [5, 5.41) is 39.1. The molecule has 0 saturated heterocycles. The minimum atomic E-state index is -3.46. The Bertz CT molecular complexity index is 1370. The first-order chi connectivity index (χ1) is 18.8. The smallest absolute Gasteiger partial charge is 0.369 e. The number of rotatable bonds is 11. The highest BCUT2D eigenvalue weighted by Gasteiger charge is 2.30. The lowest BCUT2D eigenvalue weighted by Crippen LogP contribution is -2.48. The zero-order chi connectivity index (χ0) is 29.1. The molecule has 1 aliphatic carbocycles. The van der Waals surface area contributed by atoms with Crippen molar-refractivity contribution >= 4 is 29.0 Å². The first-order valence-electron chi connectivity index (χ1n) is 12.5. The molecule has 1 aromatic carbocycles. The van der Waals surface area contributed by atoms with E-state index in [1.54, 1.807) is 23.5 Å². The van der Waals surface area contributed by atoms with Gasteiger partial charge in [-0.1, -0.05) is 11.2 Å². The molecule has 0 spiro atoms. The van der Waals surface area contributed by atoms with E-state index >= 15 is 0 Å². The summed E-state index contributed by atoms with van der Waals surface area (Å²) in [6, 6.07) is 6.47. The Hall–Kier alpha value is -4.11. The van der Waals surface area contributed by atoms with Gasteiger partial charge < -0.3 is 39.9 Å². The lowest BCUT2D eigenvalue weighted by molar-refractivity contribution is -0.323. The SMILES string of the molecule is COc1c(Nc2cc(NC(=O)C3CC3)ncc2C(=O)NC(O)(O)O)cccc1-c1nc(CCOC(C)(C)C)no1. The number of amides is 2. The second-order valence-electron chi connectivity index (χ2n) is 10.2. The van der Waals surface area contributed by atoms with Crippen molar-refractivity contribution in [1.29, 1.82) is 0 Å². The molecular formula is C26H32N6O8. The van der Waals surface area contributed by atoms with Crippen LogP contribution >= 0.6 is 0 Å². The van der Waals surface area contributed by atoms with E-state index < -0.39 is 12.0 Å². The maximum atomic E-state index is 12.7. The third-order valence-electron chi connectivity index (χ3n) is 5.68. The quantitative estimate of drug-likeness (QED) is 0.188. The number of para-hydroxylation sites is 1. The van der Waals surface area contributed by atoms with Crippen LogP contribution in [0.1, 0.15) is 49.8 Å². The van der Waals surface area contributed by atoms with Crippen molar-refractivity contribution in [2.45, 2.75) is 51.7 Å². The molecular weight excluding hydrogens is 524 g/mol. The van der Waals surface area contributed by atoms with Crippen molar-refractivity contribution in [3.05, 3.63) is 41.9 Å². The van der Waals surface area contributed by atoms with E-state index in [1.165, 1.54) is 13.2 Å². The van der Waals surface area contributed by atoms with Crippen LogP contribution in [0.2, 0.25) is 0 Å². The summed E-state index contributed by atoms with van der Waals surface area (Å²) in [5.41, 5.74) is 0.483. The van der Waals surface area contributed by atoms with E-state index in [-0.39, 0.29) is 40.4 Å². The van der Waals surface area contributed by atoms with Crippen LogP contribution < -0.4 is 20.7 Å². The van der Waals surface area contributed by atoms with E-state index in [9.17, 15) is 24.9 Å². The van der Waals surface area contributed by atoms with E-state index in [4.69, 9.17) is 14.0 Å². The van der Waals surface area contributed by atoms with Crippen LogP contribution in [0, 0.1) is 5.92 Å². The van der Waals surface area contributed by atoms with Crippen LogP contribution in [0.4, 0.5) is 17.2 Å². The minimum Gasteiger partial charge on any atom is -0.494 e. The van der Waals surface area contributed by atoms with Gasteiger partial charge in [-0.05, 0) is 45.7 Å². The first-order valence-corrected chi connectivity index (χ1v) is 12.5. The van der Waals surface area contributed by atoms with Gasteiger partial charge in [-0.15, -0.1) is 0 Å². The van der Waals surface area contributed by atoms with Gasteiger partial charge in [-0.25, -0.2) is 4.98 Å². The van der Waals surface area contributed by atoms with Gasteiger partial charge in [0.25, 0.3) is 11.8 Å². The van der Waals surface area contributed by atoms with Crippen LogP contribution in [0.15, 0.2) is 35.0 Å². The molecule has 40 heavy (non-hydrogen) atoms. The maximum Gasteiger partial charge on any atom is 0.369 e. The van der Waals surface area contributed by atoms with E-state index in [2.05, 4.69) is 25.8 Å². The normalized spacial score (nSPS) is 13.6. The summed E-state index contributed by atoms with van der Waals surface area (Å²) >= 11 is 0. The number of aromatic nitrogens is 3. The van der Waals surface area contributed by atoms with Gasteiger partial charge in [0, 0.05) is 24.6 Å². The number of carbonyl (C=O) groups excluding carboxylic acids is 2. The highest BCUT2D eigenvalue weighted by atomic mass is 16.7. The molecule has 0 atom stereocenters. The van der Waals surface area contributed by atoms with Gasteiger partial charge in [0.2, 0.25) is 5.91 Å². The first kappa shape index (κ1) is 28.9. The molecule has 4 rings (SSSR count). The number of anilines is 3. The van der Waals surface area contributed by atoms with E-state index in [1.807, 2.05) is 20.8 Å². The molecule has 0 aliphatic heterocycles. The Morgan fingerprint density at radius 3 is 2.55 bits per heavy atom. The molecule has 6 N–H and O–H groups in total. The summed E-state index contributed by atoms with van der Waals surface area (Å²) in [6.07, 6.45) is -0.333. The van der Waals surface area contributed by atoms with Crippen LogP contribution in [0.25, 0.3) is 11.5 Å². The predicted octanol–water partition coefficient (Wildman–Crippen LogP) is 1.91. The third-order valence-corrected chi connectivity index (χ3v) is 5.68. The van der Waals surface area contributed by atoms with Crippen LogP contribution in [-0.2, 0) is 16.0 Å². The lowest BCUT2D eigenvalue weighted by atomic mass is 10.1. The average molecular weight is 557 g/mol. The van der Waals surface area contributed by atoms with Gasteiger partial charge in [0.1, 0.15) is 5.82 Å². The van der Waals surface area contributed by atoms with Crippen LogP contribution in [-0.4, -0.2) is 67.7 Å². The number of aliphatic hydroxyl groups is 3. The molecule has 3 aromatic rings. The summed E-state index contributed by atoms with van der Waals surface area (Å²) in [5.74, 6) is -0.237. The Labute approximate surface area is 229 Å². The molecule has 214 valence electrons. The number of carbonyl (C=O) groups is 2. The van der Waals surface area contributed by atoms with Gasteiger partial charge >= 0.3 is 6.10 Å². The number of nitrogens with one attached hydrogen (secondary N) is 3. The zero-order valence-electron chi connectivity index (χ0n) is 22.5. The molecule has 0 radical (unpaired) electrons. The Morgan fingerprint density at radius 1 is 1.15 bits per heavy atom. The molecule has 1 fully saturated rings. The van der Waals surface area contributed by atoms with Crippen LogP contribution in [0.3, 0.4) is 0 Å². The van der Waals surface area contributed by atoms with Crippen molar-refractivity contribution in [1.82, 2.24) is 20.4 Å². The summed E-state index contributed by atoms with van der Waals surface area (Å²) in [6.45, 7) is 6.26. The molecule has 2 amide bonds. The number of ether oxygens (including phenoxy) is 2. The molecule has 2 aromatic heterocycles. The maximum absolute atomic E-state index is 12.7. The number of benzene rings is 1. The van der Waals surface area contributed by atoms with Crippen molar-refractivity contribution in [3.8, 4) is 17.2 Å². The standard InChI is InChI=1S/C26H32N6O8/c1-25(2,3)39-11-10-19-30-24(40-32-19)15-6-5-7-17(21(15)38-4)28-18-12-20(29-22(33)14-8-9-14)27-13-16(18)23(34)31-26(35,36)37/h5-7,12-14,35-37H,8-11H2,1-4H3,(H,31,34)(H2,27,28,29,33). The molecule has 14 nitrogen and oxygen atoms in total. The fourth-order valence-corrected chi connectivity index (χ4v) is 3.68. The zero-order valence-corrected chi connectivity index (χ0v) is 22.5. The topological polar surface area (TPSA) is 201 Å². The number of methoxy groups -OCH3 is 1. The molecule has 1 saturated carbocycles. The summed E-state index contributed by atoms with van der Waals surface area (Å²) < 4.78 is 16.8. The van der Waals surface area contributed by atoms with Crippen molar-refractivity contribution in [3.63, 3.8) is 0 Å². The van der Waals surface area contributed by atoms with Crippen LogP contribution in [0.5, 0.6) is 5.75 Å². The second-order valence-corrected chi connectivity index (χ2v) is 10.2. The highest BCUT2D eigenvalue weighted by molar-refractivity contribution is 6.02. The molecule has 0 unspecified atom stereocenters. The van der Waals surface area contributed by atoms with Crippen molar-refractivity contribution in [2.75, 3.05) is 24.4 Å². The van der Waals surface area contributed by atoms with E-state index in [0.717, 1.165) is 19.0 Å². The molecule has 0 bridgehead atoms. The predicted molar refractivity (Wildman–Crippen MR) is 141 cm³/mol. The Balaban J connectivity index is 1.63. The molecule has 1 aliphatic rings. The molecule has 2 heterocycles. The van der Waals surface area contributed by atoms with Crippen molar-refractivity contribution in [2.24, 2.45) is 5.92 Å².